The van der Waals surface area contributed by atoms with Gasteiger partial charge in [0.2, 0.25) is 0 Å². The van der Waals surface area contributed by atoms with E-state index in [1.165, 1.54) is 29.2 Å². The molecule has 1 aromatic carbocycles. The molecule has 0 atom stereocenters. The van der Waals surface area contributed by atoms with Crippen molar-refractivity contribution in [3.05, 3.63) is 29.8 Å². The highest BCUT2D eigenvalue weighted by atomic mass is 32.2. The van der Waals surface area contributed by atoms with Crippen molar-refractivity contribution < 1.29 is 18.3 Å². The van der Waals surface area contributed by atoms with E-state index in [-0.39, 0.29) is 35.8 Å². The van der Waals surface area contributed by atoms with Gasteiger partial charge in [-0.3, -0.25) is 9.69 Å². The van der Waals surface area contributed by atoms with Gasteiger partial charge in [0.15, 0.2) is 9.84 Å². The van der Waals surface area contributed by atoms with Crippen molar-refractivity contribution in [2.45, 2.75) is 4.90 Å². The monoisotopic (exact) mass is 306 g/mol. The molecule has 0 unspecified atom stereocenters. The minimum atomic E-state index is -3.60. The molecule has 0 saturated heterocycles. The highest BCUT2D eigenvalue weighted by Gasteiger charge is 2.18. The third kappa shape index (κ3) is 5.27. The fourth-order valence-corrected chi connectivity index (χ4v) is 2.99. The molecular formula is C14H14N2O4S. The average Bonchev–Trinajstić information content (AvgIpc) is 2.44. The Labute approximate surface area is 123 Å². The number of benzene rings is 1. The molecule has 0 heterocycles. The summed E-state index contributed by atoms with van der Waals surface area (Å²) in [6, 6.07) is 7.56. The van der Waals surface area contributed by atoms with Crippen LogP contribution in [-0.2, 0) is 14.6 Å². The number of carbonyl (C=O) groups is 1. The summed E-state index contributed by atoms with van der Waals surface area (Å²) in [5, 5.41) is 17.5. The van der Waals surface area contributed by atoms with Gasteiger partial charge < -0.3 is 5.11 Å². The van der Waals surface area contributed by atoms with Crippen LogP contribution in [0.15, 0.2) is 29.2 Å². The zero-order chi connectivity index (χ0) is 15.9. The van der Waals surface area contributed by atoms with Crippen LogP contribution >= 0.6 is 0 Å². The third-order valence-corrected chi connectivity index (χ3v) is 4.36. The number of hydrogen-bond donors (Lipinski definition) is 1. The molecule has 0 saturated carbocycles. The largest absolute Gasteiger partial charge is 0.480 e. The third-order valence-electron chi connectivity index (χ3n) is 2.67. The fourth-order valence-electron chi connectivity index (χ4n) is 1.66. The lowest BCUT2D eigenvalue weighted by Crippen LogP contribution is -2.34. The number of sulfone groups is 1. The van der Waals surface area contributed by atoms with Crippen LogP contribution in [0.3, 0.4) is 0 Å². The highest BCUT2D eigenvalue weighted by molar-refractivity contribution is 7.91. The molecule has 0 bridgehead atoms. The summed E-state index contributed by atoms with van der Waals surface area (Å²) >= 11 is 0. The molecule has 0 radical (unpaired) electrons. The number of terminal acetylenes is 1. The average molecular weight is 306 g/mol. The Morgan fingerprint density at radius 2 is 2.14 bits per heavy atom. The molecule has 0 aromatic heterocycles. The molecular weight excluding hydrogens is 292 g/mol. The Hall–Kier alpha value is -2.35. The summed E-state index contributed by atoms with van der Waals surface area (Å²) in [6.07, 6.45) is 5.12. The Balaban J connectivity index is 2.82. The SMILES string of the molecule is C#CCN(CCS(=O)(=O)c1cccc(C#N)c1)CC(=O)O. The van der Waals surface area contributed by atoms with Gasteiger partial charge in [-0.05, 0) is 18.2 Å². The number of carboxylic acid groups (broad SMARTS) is 1. The number of nitriles is 1. The summed E-state index contributed by atoms with van der Waals surface area (Å²) in [6.45, 7) is -0.256. The van der Waals surface area contributed by atoms with E-state index in [1.54, 1.807) is 0 Å². The van der Waals surface area contributed by atoms with E-state index in [0.717, 1.165) is 0 Å². The first-order chi connectivity index (χ1) is 9.89. The maximum atomic E-state index is 12.2. The molecule has 0 aliphatic carbocycles. The standard InChI is InChI=1S/C14H14N2O4S/c1-2-6-16(11-14(17)18)7-8-21(19,20)13-5-3-4-12(9-13)10-15/h1,3-5,9H,6-8,11H2,(H,17,18). The molecule has 6 nitrogen and oxygen atoms in total. The van der Waals surface area contributed by atoms with Crippen LogP contribution in [0.25, 0.3) is 0 Å². The summed E-state index contributed by atoms with van der Waals surface area (Å²) in [5.41, 5.74) is 0.252. The number of rotatable bonds is 7. The quantitative estimate of drug-likeness (QED) is 0.730. The van der Waals surface area contributed by atoms with Crippen molar-refractivity contribution in [1.29, 1.82) is 5.26 Å². The van der Waals surface area contributed by atoms with Crippen molar-refractivity contribution in [3.63, 3.8) is 0 Å². The smallest absolute Gasteiger partial charge is 0.317 e. The Kier molecular flexibility index (Phi) is 5.92. The molecule has 0 aliphatic heterocycles. The first kappa shape index (κ1) is 16.7. The van der Waals surface area contributed by atoms with Gasteiger partial charge in [-0.15, -0.1) is 6.42 Å². The zero-order valence-corrected chi connectivity index (χ0v) is 12.0. The number of aliphatic carboxylic acids is 1. The number of hydrogen-bond acceptors (Lipinski definition) is 5. The van der Waals surface area contributed by atoms with Gasteiger partial charge in [-0.25, -0.2) is 8.42 Å². The Morgan fingerprint density at radius 3 is 2.71 bits per heavy atom. The summed E-state index contributed by atoms with van der Waals surface area (Å²) in [5.74, 6) is 0.950. The minimum Gasteiger partial charge on any atom is -0.480 e. The van der Waals surface area contributed by atoms with Gasteiger partial charge in [-0.1, -0.05) is 12.0 Å². The zero-order valence-electron chi connectivity index (χ0n) is 11.2. The second-order valence-corrected chi connectivity index (χ2v) is 6.38. The molecule has 1 rings (SSSR count). The predicted molar refractivity (Wildman–Crippen MR) is 76.1 cm³/mol. The molecule has 7 heteroatoms. The Bertz CT molecular complexity index is 698. The van der Waals surface area contributed by atoms with E-state index < -0.39 is 15.8 Å². The summed E-state index contributed by atoms with van der Waals surface area (Å²) < 4.78 is 24.3. The van der Waals surface area contributed by atoms with Gasteiger partial charge >= 0.3 is 5.97 Å². The van der Waals surface area contributed by atoms with Crippen LogP contribution in [0.2, 0.25) is 0 Å². The topological polar surface area (TPSA) is 98.5 Å². The van der Waals surface area contributed by atoms with E-state index in [4.69, 9.17) is 16.8 Å². The first-order valence-electron chi connectivity index (χ1n) is 5.99. The first-order valence-corrected chi connectivity index (χ1v) is 7.65. The van der Waals surface area contributed by atoms with Crippen LogP contribution in [0.5, 0.6) is 0 Å². The molecule has 0 aliphatic rings. The number of nitrogens with zero attached hydrogens (tertiary/aromatic N) is 2. The lowest BCUT2D eigenvalue weighted by atomic mass is 10.2. The van der Waals surface area contributed by atoms with E-state index in [9.17, 15) is 13.2 Å². The lowest BCUT2D eigenvalue weighted by Gasteiger charge is -2.17. The molecule has 21 heavy (non-hydrogen) atoms. The van der Waals surface area contributed by atoms with Crippen molar-refractivity contribution in [1.82, 2.24) is 4.90 Å². The molecule has 110 valence electrons. The van der Waals surface area contributed by atoms with Crippen molar-refractivity contribution >= 4 is 15.8 Å². The van der Waals surface area contributed by atoms with E-state index in [0.29, 0.717) is 0 Å². The molecule has 0 spiro atoms. The molecule has 0 fully saturated rings. The molecule has 1 aromatic rings. The van der Waals surface area contributed by atoms with Gasteiger partial charge in [0.1, 0.15) is 0 Å². The number of carboxylic acids is 1. The lowest BCUT2D eigenvalue weighted by molar-refractivity contribution is -0.138. The molecule has 0 amide bonds. The van der Waals surface area contributed by atoms with Crippen LogP contribution in [-0.4, -0.2) is 49.8 Å². The van der Waals surface area contributed by atoms with E-state index in [2.05, 4.69) is 5.92 Å². The maximum absolute atomic E-state index is 12.2. The summed E-state index contributed by atoms with van der Waals surface area (Å²) in [7, 11) is -3.60. The minimum absolute atomic E-state index is 0.00954. The van der Waals surface area contributed by atoms with Crippen LogP contribution in [0.1, 0.15) is 5.56 Å². The van der Waals surface area contributed by atoms with Gasteiger partial charge in [0.25, 0.3) is 0 Å². The van der Waals surface area contributed by atoms with E-state index in [1.807, 2.05) is 6.07 Å². The van der Waals surface area contributed by atoms with Gasteiger partial charge in [0.05, 0.1) is 35.4 Å². The van der Waals surface area contributed by atoms with Crippen molar-refractivity contribution in [3.8, 4) is 18.4 Å². The molecule has 1 N–H and O–H groups in total. The van der Waals surface area contributed by atoms with Gasteiger partial charge in [-0.2, -0.15) is 5.26 Å². The second kappa shape index (κ2) is 7.44. The Morgan fingerprint density at radius 1 is 1.43 bits per heavy atom. The van der Waals surface area contributed by atoms with Crippen LogP contribution < -0.4 is 0 Å². The second-order valence-electron chi connectivity index (χ2n) is 4.27. The fraction of sp³-hybridized carbons (Fsp3) is 0.286. The highest BCUT2D eigenvalue weighted by Crippen LogP contribution is 2.13. The van der Waals surface area contributed by atoms with Crippen LogP contribution in [0, 0.1) is 23.7 Å². The van der Waals surface area contributed by atoms with Crippen molar-refractivity contribution in [2.75, 3.05) is 25.4 Å². The maximum Gasteiger partial charge on any atom is 0.317 e. The van der Waals surface area contributed by atoms with E-state index >= 15 is 0 Å². The normalized spacial score (nSPS) is 10.8. The van der Waals surface area contributed by atoms with Crippen molar-refractivity contribution in [2.24, 2.45) is 0 Å². The van der Waals surface area contributed by atoms with Crippen LogP contribution in [0.4, 0.5) is 0 Å². The van der Waals surface area contributed by atoms with Gasteiger partial charge in [0, 0.05) is 6.54 Å². The summed E-state index contributed by atoms with van der Waals surface area (Å²) in [4.78, 5) is 12.1. The predicted octanol–water partition coefficient (Wildman–Crippen LogP) is 0.352.